The fourth-order valence-electron chi connectivity index (χ4n) is 4.48. The summed E-state index contributed by atoms with van der Waals surface area (Å²) in [7, 11) is 1.64. The lowest BCUT2D eigenvalue weighted by atomic mass is 10.1. The van der Waals surface area contributed by atoms with Gasteiger partial charge in [-0.05, 0) is 66.9 Å². The average Bonchev–Trinajstić information content (AvgIpc) is 3.32. The van der Waals surface area contributed by atoms with Crippen molar-refractivity contribution in [3.8, 4) is 17.2 Å². The molecular weight excluding hydrogens is 472 g/mol. The third kappa shape index (κ3) is 4.50. The number of hydrogen-bond acceptors (Lipinski definition) is 5. The highest BCUT2D eigenvalue weighted by molar-refractivity contribution is 8.18. The number of methoxy groups -OCH3 is 1. The van der Waals surface area contributed by atoms with Gasteiger partial charge in [0, 0.05) is 28.5 Å². The summed E-state index contributed by atoms with van der Waals surface area (Å²) >= 11 is 0.965. The number of thioether (sulfide) groups is 1. The van der Waals surface area contributed by atoms with Crippen molar-refractivity contribution < 1.29 is 19.1 Å². The minimum absolute atomic E-state index is 0.189. The molecule has 36 heavy (non-hydrogen) atoms. The lowest BCUT2D eigenvalue weighted by Gasteiger charge is -2.14. The predicted octanol–water partition coefficient (Wildman–Crippen LogP) is 6.37. The first kappa shape index (κ1) is 23.8. The topological polar surface area (TPSA) is 60.8 Å². The van der Waals surface area contributed by atoms with Crippen LogP contribution in [-0.2, 0) is 4.79 Å². The van der Waals surface area contributed by atoms with Crippen molar-refractivity contribution in [2.45, 2.75) is 13.8 Å². The number of fused-ring (bicyclic) bond motifs is 1. The van der Waals surface area contributed by atoms with Crippen LogP contribution in [-0.4, -0.2) is 40.9 Å². The summed E-state index contributed by atoms with van der Waals surface area (Å²) in [5.41, 5.74) is 3.87. The lowest BCUT2D eigenvalue weighted by molar-refractivity contribution is -0.123. The molecule has 3 aromatic carbocycles. The van der Waals surface area contributed by atoms with Crippen molar-refractivity contribution in [1.29, 1.82) is 0 Å². The molecule has 0 bridgehead atoms. The van der Waals surface area contributed by atoms with Crippen molar-refractivity contribution >= 4 is 39.8 Å². The summed E-state index contributed by atoms with van der Waals surface area (Å²) in [5.74, 6) is 1.21. The average molecular weight is 499 g/mol. The van der Waals surface area contributed by atoms with Crippen molar-refractivity contribution in [3.05, 3.63) is 94.7 Å². The molecule has 1 saturated heterocycles. The van der Waals surface area contributed by atoms with E-state index in [1.54, 1.807) is 13.2 Å². The second-order valence-corrected chi connectivity index (χ2v) is 9.52. The zero-order chi connectivity index (χ0) is 25.2. The maximum absolute atomic E-state index is 13.1. The largest absolute Gasteiger partial charge is 0.497 e. The maximum atomic E-state index is 13.1. The number of aromatic nitrogens is 1. The summed E-state index contributed by atoms with van der Waals surface area (Å²) in [5, 5.41) is 1.80. The molecule has 1 fully saturated rings. The molecule has 6 nitrogen and oxygen atoms in total. The van der Waals surface area contributed by atoms with Crippen molar-refractivity contribution in [2.75, 3.05) is 20.3 Å². The molecule has 4 aromatic rings. The van der Waals surface area contributed by atoms with E-state index >= 15 is 0 Å². The molecule has 1 aromatic heterocycles. The summed E-state index contributed by atoms with van der Waals surface area (Å²) in [6, 6.07) is 23.6. The third-order valence-electron chi connectivity index (χ3n) is 6.26. The molecule has 0 N–H and O–H groups in total. The van der Waals surface area contributed by atoms with Gasteiger partial charge < -0.3 is 14.0 Å². The molecule has 1 aliphatic heterocycles. The number of amides is 2. The zero-order valence-corrected chi connectivity index (χ0v) is 21.2. The highest BCUT2D eigenvalue weighted by Gasteiger charge is 2.35. The van der Waals surface area contributed by atoms with Crippen LogP contribution in [0.1, 0.15) is 17.0 Å². The number of nitrogens with zero attached hydrogens (tertiary/aromatic N) is 2. The third-order valence-corrected chi connectivity index (χ3v) is 7.17. The lowest BCUT2D eigenvalue weighted by Crippen LogP contribution is -2.32. The van der Waals surface area contributed by atoms with E-state index in [1.807, 2.05) is 86.6 Å². The molecule has 0 atom stereocenters. The van der Waals surface area contributed by atoms with Gasteiger partial charge in [0.2, 0.25) is 0 Å². The molecule has 1 aliphatic rings. The Bertz CT molecular complexity index is 1500. The first-order valence-electron chi connectivity index (χ1n) is 11.7. The van der Waals surface area contributed by atoms with Gasteiger partial charge in [-0.15, -0.1) is 0 Å². The van der Waals surface area contributed by atoms with Crippen LogP contribution >= 0.6 is 11.8 Å². The van der Waals surface area contributed by atoms with Crippen LogP contribution in [0.5, 0.6) is 11.5 Å². The Balaban J connectivity index is 1.32. The Hall–Kier alpha value is -3.97. The fraction of sp³-hybridized carbons (Fsp3) is 0.172. The first-order chi connectivity index (χ1) is 17.5. The van der Waals surface area contributed by atoms with E-state index in [0.717, 1.165) is 56.7 Å². The number of rotatable bonds is 7. The molecule has 0 aliphatic carbocycles. The van der Waals surface area contributed by atoms with Crippen LogP contribution in [0.25, 0.3) is 22.5 Å². The van der Waals surface area contributed by atoms with E-state index in [1.165, 1.54) is 4.90 Å². The van der Waals surface area contributed by atoms with Crippen molar-refractivity contribution in [2.24, 2.45) is 0 Å². The normalized spacial score (nSPS) is 14.8. The molecule has 5 rings (SSSR count). The molecule has 0 unspecified atom stereocenters. The molecule has 0 radical (unpaired) electrons. The van der Waals surface area contributed by atoms with E-state index in [4.69, 9.17) is 9.47 Å². The van der Waals surface area contributed by atoms with E-state index in [2.05, 4.69) is 4.57 Å². The van der Waals surface area contributed by atoms with E-state index in [-0.39, 0.29) is 24.3 Å². The molecular formula is C29H26N2O4S. The van der Waals surface area contributed by atoms with Crippen LogP contribution < -0.4 is 9.47 Å². The quantitative estimate of drug-likeness (QED) is 0.277. The standard InChI is InChI=1S/C29H26N2O4S/c1-19-16-22(20(2)31(19)23-10-7-11-24(18-23)34-3)17-27-28(32)30(29(33)36-27)14-15-35-26-13-6-9-21-8-4-5-12-25(21)26/h4-13,16-18H,14-15H2,1-3H3/b27-17-. The minimum Gasteiger partial charge on any atom is -0.497 e. The fourth-order valence-corrected chi connectivity index (χ4v) is 5.34. The maximum Gasteiger partial charge on any atom is 0.293 e. The zero-order valence-electron chi connectivity index (χ0n) is 20.4. The van der Waals surface area contributed by atoms with Crippen LogP contribution in [0.3, 0.4) is 0 Å². The second-order valence-electron chi connectivity index (χ2n) is 8.52. The van der Waals surface area contributed by atoms with Gasteiger partial charge in [-0.3, -0.25) is 14.5 Å². The number of carbonyl (C=O) groups excluding carboxylic acids is 2. The van der Waals surface area contributed by atoms with Gasteiger partial charge in [-0.2, -0.15) is 0 Å². The highest BCUT2D eigenvalue weighted by Crippen LogP contribution is 2.34. The molecule has 0 saturated carbocycles. The van der Waals surface area contributed by atoms with Crippen LogP contribution in [0.4, 0.5) is 4.79 Å². The molecule has 0 spiro atoms. The van der Waals surface area contributed by atoms with Gasteiger partial charge in [0.05, 0.1) is 18.6 Å². The van der Waals surface area contributed by atoms with Gasteiger partial charge >= 0.3 is 0 Å². The Labute approximate surface area is 214 Å². The van der Waals surface area contributed by atoms with Crippen LogP contribution in [0.15, 0.2) is 77.7 Å². The van der Waals surface area contributed by atoms with Gasteiger partial charge in [0.15, 0.2) is 0 Å². The van der Waals surface area contributed by atoms with Crippen LogP contribution in [0.2, 0.25) is 0 Å². The Morgan fingerprint density at radius 2 is 1.72 bits per heavy atom. The number of ether oxygens (including phenoxy) is 2. The summed E-state index contributed by atoms with van der Waals surface area (Å²) in [6.45, 7) is 4.43. The Morgan fingerprint density at radius 3 is 2.56 bits per heavy atom. The highest BCUT2D eigenvalue weighted by atomic mass is 32.2. The number of imide groups is 1. The minimum atomic E-state index is -0.294. The molecule has 182 valence electrons. The first-order valence-corrected chi connectivity index (χ1v) is 12.5. The van der Waals surface area contributed by atoms with Crippen molar-refractivity contribution in [1.82, 2.24) is 9.47 Å². The van der Waals surface area contributed by atoms with E-state index in [0.29, 0.717) is 4.91 Å². The van der Waals surface area contributed by atoms with Gasteiger partial charge in [0.25, 0.3) is 11.1 Å². The van der Waals surface area contributed by atoms with E-state index in [9.17, 15) is 9.59 Å². The SMILES string of the molecule is COc1cccc(-n2c(C)cc(/C=C3\SC(=O)N(CCOc4cccc5ccccc45)C3=O)c2C)c1. The number of carbonyl (C=O) groups is 2. The molecule has 2 heterocycles. The van der Waals surface area contributed by atoms with Crippen LogP contribution in [0, 0.1) is 13.8 Å². The summed E-state index contributed by atoms with van der Waals surface area (Å²) in [4.78, 5) is 27.4. The monoisotopic (exact) mass is 498 g/mol. The second kappa shape index (κ2) is 9.95. The summed E-state index contributed by atoms with van der Waals surface area (Å²) in [6.07, 6.45) is 1.80. The summed E-state index contributed by atoms with van der Waals surface area (Å²) < 4.78 is 13.4. The predicted molar refractivity (Wildman–Crippen MR) is 144 cm³/mol. The smallest absolute Gasteiger partial charge is 0.293 e. The molecule has 2 amide bonds. The van der Waals surface area contributed by atoms with Crippen molar-refractivity contribution in [3.63, 3.8) is 0 Å². The Kier molecular flexibility index (Phi) is 6.57. The van der Waals surface area contributed by atoms with Gasteiger partial charge in [-0.1, -0.05) is 42.5 Å². The number of aryl methyl sites for hydroxylation is 1. The van der Waals surface area contributed by atoms with Gasteiger partial charge in [-0.25, -0.2) is 0 Å². The number of benzene rings is 3. The Morgan fingerprint density at radius 1 is 0.944 bits per heavy atom. The number of hydrogen-bond donors (Lipinski definition) is 0. The van der Waals surface area contributed by atoms with E-state index < -0.39 is 0 Å². The molecule has 7 heteroatoms. The van der Waals surface area contributed by atoms with Gasteiger partial charge in [0.1, 0.15) is 18.1 Å².